The van der Waals surface area contributed by atoms with Crippen LogP contribution < -0.4 is 4.72 Å². The van der Waals surface area contributed by atoms with E-state index in [0.29, 0.717) is 12.8 Å². The molecule has 3 atom stereocenters. The van der Waals surface area contributed by atoms with Gasteiger partial charge in [0, 0.05) is 17.8 Å². The molecule has 24 heavy (non-hydrogen) atoms. The van der Waals surface area contributed by atoms with Crippen molar-refractivity contribution in [3.05, 3.63) is 12.7 Å². The fraction of sp³-hybridized carbons (Fsp3) is 0.737. The van der Waals surface area contributed by atoms with E-state index >= 15 is 0 Å². The fourth-order valence-electron chi connectivity index (χ4n) is 2.95. The lowest BCUT2D eigenvalue weighted by atomic mass is 9.74. The molecular weight excluding hydrogens is 322 g/mol. The zero-order valence-corrected chi connectivity index (χ0v) is 16.3. The molecule has 1 saturated carbocycles. The molecule has 1 rings (SSSR count). The highest BCUT2D eigenvalue weighted by Gasteiger charge is 2.49. The highest BCUT2D eigenvalue weighted by molar-refractivity contribution is 7.90. The van der Waals surface area contributed by atoms with Gasteiger partial charge in [-0.25, -0.2) is 0 Å². The Labute approximate surface area is 150 Å². The first-order chi connectivity index (χ1) is 11.3. The SMILES string of the molecule is C=CCOC(=O)[C@]1(CC#CC)CCCCC[C@H]1N[S+]([O-])C(C)(C)C. The maximum atomic E-state index is 12.9. The number of carbonyl (C=O) groups excluding carboxylic acids is 1. The highest BCUT2D eigenvalue weighted by atomic mass is 32.2. The van der Waals surface area contributed by atoms with Gasteiger partial charge in [-0.05, 0) is 40.5 Å². The Hall–Kier alpha value is -0.960. The van der Waals surface area contributed by atoms with Crippen molar-refractivity contribution in [3.63, 3.8) is 0 Å². The van der Waals surface area contributed by atoms with E-state index in [4.69, 9.17) is 4.74 Å². The second kappa shape index (κ2) is 9.50. The Morgan fingerprint density at radius 2 is 2.17 bits per heavy atom. The van der Waals surface area contributed by atoms with Crippen LogP contribution in [0.3, 0.4) is 0 Å². The summed E-state index contributed by atoms with van der Waals surface area (Å²) in [7, 11) is 0. The Morgan fingerprint density at radius 3 is 2.75 bits per heavy atom. The third kappa shape index (κ3) is 5.54. The molecule has 5 heteroatoms. The Balaban J connectivity index is 3.15. The highest BCUT2D eigenvalue weighted by Crippen LogP contribution is 2.40. The monoisotopic (exact) mass is 353 g/mol. The number of hydrogen-bond acceptors (Lipinski definition) is 4. The molecule has 4 nitrogen and oxygen atoms in total. The molecule has 0 heterocycles. The largest absolute Gasteiger partial charge is 0.598 e. The fourth-order valence-corrected chi connectivity index (χ4v) is 3.90. The van der Waals surface area contributed by atoms with Crippen LogP contribution in [0.25, 0.3) is 0 Å². The standard InChI is InChI=1S/C19H31NO3S/c1-6-8-13-19(17(21)23-15-7-2)14-11-9-10-12-16(19)20-24(22)18(3,4)5/h7,16,20H,2,9-15H2,1,3-5H3/t16-,19-,24?/m1/s1. The van der Waals surface area contributed by atoms with Crippen molar-refractivity contribution in [1.82, 2.24) is 4.72 Å². The summed E-state index contributed by atoms with van der Waals surface area (Å²) in [4.78, 5) is 12.9. The number of rotatable bonds is 6. The van der Waals surface area contributed by atoms with Gasteiger partial charge in [0.25, 0.3) is 0 Å². The van der Waals surface area contributed by atoms with E-state index in [0.717, 1.165) is 25.7 Å². The third-order valence-electron chi connectivity index (χ3n) is 4.41. The molecule has 0 aromatic rings. The first-order valence-corrected chi connectivity index (χ1v) is 9.78. The van der Waals surface area contributed by atoms with Gasteiger partial charge in [0.1, 0.15) is 11.4 Å². The molecule has 0 aromatic carbocycles. The second-order valence-corrected chi connectivity index (χ2v) is 9.30. The molecule has 1 unspecified atom stereocenters. The molecule has 1 fully saturated rings. The molecule has 0 spiro atoms. The average Bonchev–Trinajstić information content (AvgIpc) is 2.73. The van der Waals surface area contributed by atoms with Gasteiger partial charge in [0.15, 0.2) is 0 Å². The normalized spacial score (nSPS) is 25.8. The quantitative estimate of drug-likeness (QED) is 0.261. The molecule has 136 valence electrons. The molecule has 0 aliphatic heterocycles. The van der Waals surface area contributed by atoms with Gasteiger partial charge in [-0.1, -0.05) is 31.9 Å². The summed E-state index contributed by atoms with van der Waals surface area (Å²) in [6.07, 6.45) is 6.54. The molecule has 0 aromatic heterocycles. The first kappa shape index (κ1) is 21.1. The van der Waals surface area contributed by atoms with Crippen LogP contribution in [-0.4, -0.2) is 27.9 Å². The van der Waals surface area contributed by atoms with Crippen LogP contribution in [0.2, 0.25) is 0 Å². The van der Waals surface area contributed by atoms with Crippen LogP contribution in [0.15, 0.2) is 12.7 Å². The Kier molecular flexibility index (Phi) is 8.35. The van der Waals surface area contributed by atoms with Crippen molar-refractivity contribution >= 4 is 17.3 Å². The van der Waals surface area contributed by atoms with Crippen molar-refractivity contribution in [2.45, 2.75) is 77.0 Å². The average molecular weight is 354 g/mol. The molecule has 1 N–H and O–H groups in total. The maximum absolute atomic E-state index is 12.9. The van der Waals surface area contributed by atoms with E-state index in [2.05, 4.69) is 23.1 Å². The zero-order valence-electron chi connectivity index (χ0n) is 15.4. The summed E-state index contributed by atoms with van der Waals surface area (Å²) in [5.74, 6) is 5.71. The summed E-state index contributed by atoms with van der Waals surface area (Å²) in [6.45, 7) is 11.4. The molecule has 0 radical (unpaired) electrons. The van der Waals surface area contributed by atoms with Gasteiger partial charge >= 0.3 is 5.97 Å². The summed E-state index contributed by atoms with van der Waals surface area (Å²) in [5.41, 5.74) is -0.747. The summed E-state index contributed by atoms with van der Waals surface area (Å²) >= 11 is -1.24. The van der Waals surface area contributed by atoms with Gasteiger partial charge in [0.05, 0.1) is 11.5 Å². The predicted octanol–water partition coefficient (Wildman–Crippen LogP) is 3.50. The lowest BCUT2D eigenvalue weighted by Crippen LogP contribution is -2.55. The minimum atomic E-state index is -1.24. The van der Waals surface area contributed by atoms with E-state index < -0.39 is 16.8 Å². The molecule has 0 amide bonds. The first-order valence-electron chi connectivity index (χ1n) is 8.63. The van der Waals surface area contributed by atoms with Crippen LogP contribution in [0.1, 0.15) is 66.2 Å². The smallest absolute Gasteiger partial charge is 0.315 e. The van der Waals surface area contributed by atoms with Crippen LogP contribution in [0.4, 0.5) is 0 Å². The van der Waals surface area contributed by atoms with E-state index in [9.17, 15) is 9.35 Å². The molecule has 0 saturated heterocycles. The van der Waals surface area contributed by atoms with E-state index in [-0.39, 0.29) is 23.4 Å². The van der Waals surface area contributed by atoms with Crippen LogP contribution in [0, 0.1) is 17.3 Å². The van der Waals surface area contributed by atoms with Crippen molar-refractivity contribution in [1.29, 1.82) is 0 Å². The van der Waals surface area contributed by atoms with Gasteiger partial charge in [-0.3, -0.25) is 4.79 Å². The van der Waals surface area contributed by atoms with Crippen molar-refractivity contribution in [2.24, 2.45) is 5.41 Å². The molecular formula is C19H31NO3S. The van der Waals surface area contributed by atoms with Gasteiger partial charge in [-0.15, -0.1) is 16.6 Å². The zero-order chi connectivity index (χ0) is 18.2. The lowest BCUT2D eigenvalue weighted by molar-refractivity contribution is -0.156. The minimum absolute atomic E-state index is 0.190. The molecule has 0 bridgehead atoms. The summed E-state index contributed by atoms with van der Waals surface area (Å²) < 4.78 is 20.9. The predicted molar refractivity (Wildman–Crippen MR) is 99.6 cm³/mol. The number of hydrogen-bond donors (Lipinski definition) is 1. The van der Waals surface area contributed by atoms with Gasteiger partial charge in [-0.2, -0.15) is 0 Å². The minimum Gasteiger partial charge on any atom is -0.598 e. The Morgan fingerprint density at radius 1 is 1.46 bits per heavy atom. The lowest BCUT2D eigenvalue weighted by Gasteiger charge is -2.38. The summed E-state index contributed by atoms with van der Waals surface area (Å²) in [6, 6.07) is -0.196. The van der Waals surface area contributed by atoms with Crippen molar-refractivity contribution in [2.75, 3.05) is 6.61 Å². The van der Waals surface area contributed by atoms with Crippen LogP contribution in [0.5, 0.6) is 0 Å². The topological polar surface area (TPSA) is 61.4 Å². The van der Waals surface area contributed by atoms with E-state index in [1.807, 2.05) is 20.8 Å². The van der Waals surface area contributed by atoms with Gasteiger partial charge < -0.3 is 9.29 Å². The second-order valence-electron chi connectivity index (χ2n) is 7.30. The Bertz CT molecular complexity index is 489. The number of nitrogens with one attached hydrogen (secondary N) is 1. The van der Waals surface area contributed by atoms with Crippen LogP contribution in [-0.2, 0) is 20.9 Å². The van der Waals surface area contributed by atoms with Crippen LogP contribution >= 0.6 is 0 Å². The van der Waals surface area contributed by atoms with Crippen molar-refractivity contribution in [3.8, 4) is 11.8 Å². The third-order valence-corrected chi connectivity index (χ3v) is 6.02. The van der Waals surface area contributed by atoms with E-state index in [1.54, 1.807) is 13.0 Å². The molecule has 1 aliphatic rings. The molecule has 1 aliphatic carbocycles. The summed E-state index contributed by atoms with van der Waals surface area (Å²) in [5, 5.41) is 0. The number of carbonyl (C=O) groups is 1. The van der Waals surface area contributed by atoms with Gasteiger partial charge in [0.2, 0.25) is 0 Å². The maximum Gasteiger partial charge on any atom is 0.315 e. The number of esters is 1. The number of ether oxygens (including phenoxy) is 1. The van der Waals surface area contributed by atoms with E-state index in [1.165, 1.54) is 0 Å². The van der Waals surface area contributed by atoms with Crippen molar-refractivity contribution < 1.29 is 14.1 Å².